The van der Waals surface area contributed by atoms with Gasteiger partial charge in [-0.05, 0) is 92.5 Å². The molecule has 1 atom stereocenters. The van der Waals surface area contributed by atoms with Gasteiger partial charge in [0, 0.05) is 35.8 Å². The largest absolute Gasteiger partial charge is 0.364 e. The number of imidazole rings is 1. The molecule has 2 aliphatic heterocycles. The average Bonchev–Trinajstić information content (AvgIpc) is 3.40. The zero-order valence-electron chi connectivity index (χ0n) is 21.3. The van der Waals surface area contributed by atoms with Crippen molar-refractivity contribution in [3.8, 4) is 11.3 Å². The quantitative estimate of drug-likeness (QED) is 0.516. The number of nitrogens with zero attached hydrogens (tertiary/aromatic N) is 3. The number of carbonyl (C=O) groups is 3. The fourth-order valence-corrected chi connectivity index (χ4v) is 8.55. The van der Waals surface area contributed by atoms with Crippen LogP contribution in [0.25, 0.3) is 16.9 Å². The summed E-state index contributed by atoms with van der Waals surface area (Å²) in [5.41, 5.74) is 4.42. The molecule has 2 aromatic heterocycles. The standard InChI is InChI=1S/C30H31N5O3/c36-25-7-6-23(28(37)32-25)35-16-21-12-20(4-5-22(21)29(35)38)26-27(34-8-2-1-3-24(34)31-26)33-30-13-17-9-18(14-30)11-19(10-17)15-30/h1-5,8,12,17-19,23,33H,6-7,9-11,13-16H2,(H,32,36,37). The summed E-state index contributed by atoms with van der Waals surface area (Å²) in [6, 6.07) is 11.4. The third kappa shape index (κ3) is 3.35. The summed E-state index contributed by atoms with van der Waals surface area (Å²) in [5, 5.41) is 6.44. The zero-order valence-corrected chi connectivity index (χ0v) is 21.3. The van der Waals surface area contributed by atoms with Gasteiger partial charge in [0.15, 0.2) is 0 Å². The molecule has 1 aromatic carbocycles. The molecular formula is C30H31N5O3. The highest BCUT2D eigenvalue weighted by Crippen LogP contribution is 2.57. The maximum Gasteiger partial charge on any atom is 0.255 e. The Morgan fingerprint density at radius 1 is 0.974 bits per heavy atom. The molecule has 2 N–H and O–H groups in total. The van der Waals surface area contributed by atoms with Crippen LogP contribution in [0.1, 0.15) is 67.3 Å². The fourth-order valence-electron chi connectivity index (χ4n) is 8.55. The van der Waals surface area contributed by atoms with Crippen molar-refractivity contribution >= 4 is 29.2 Å². The van der Waals surface area contributed by atoms with E-state index in [1.54, 1.807) is 4.90 Å². The smallest absolute Gasteiger partial charge is 0.255 e. The van der Waals surface area contributed by atoms with Gasteiger partial charge in [-0.25, -0.2) is 4.98 Å². The number of benzene rings is 1. The Morgan fingerprint density at radius 3 is 2.47 bits per heavy atom. The minimum absolute atomic E-state index is 0.130. The Kier molecular flexibility index (Phi) is 4.65. The van der Waals surface area contributed by atoms with E-state index in [1.807, 2.05) is 30.3 Å². The highest BCUT2D eigenvalue weighted by atomic mass is 16.2. The summed E-state index contributed by atoms with van der Waals surface area (Å²) >= 11 is 0. The third-order valence-electron chi connectivity index (χ3n) is 9.75. The van der Waals surface area contributed by atoms with Crippen molar-refractivity contribution in [3.05, 3.63) is 53.7 Å². The topological polar surface area (TPSA) is 95.8 Å². The van der Waals surface area contributed by atoms with Gasteiger partial charge in [-0.1, -0.05) is 12.1 Å². The highest BCUT2D eigenvalue weighted by Gasteiger charge is 2.51. The number of rotatable bonds is 4. The first-order valence-electron chi connectivity index (χ1n) is 14.0. The van der Waals surface area contributed by atoms with Gasteiger partial charge >= 0.3 is 0 Å². The Hall–Kier alpha value is -3.68. The second-order valence-electron chi connectivity index (χ2n) is 12.3. The van der Waals surface area contributed by atoms with Crippen LogP contribution in [0.15, 0.2) is 42.6 Å². The van der Waals surface area contributed by atoms with Gasteiger partial charge in [-0.3, -0.25) is 24.1 Å². The van der Waals surface area contributed by atoms with Crippen molar-refractivity contribution in [3.63, 3.8) is 0 Å². The summed E-state index contributed by atoms with van der Waals surface area (Å²) in [6.45, 7) is 0.361. The molecule has 3 amide bonds. The Balaban J connectivity index is 1.16. The monoisotopic (exact) mass is 509 g/mol. The van der Waals surface area contributed by atoms with Crippen LogP contribution in [0.4, 0.5) is 5.82 Å². The number of pyridine rings is 1. The SMILES string of the molecule is O=C1CCC(N2Cc3cc(-c4nc5ccccn5c4NC45CC6CC(CC(C6)C4)C5)ccc3C2=O)C(=O)N1. The van der Waals surface area contributed by atoms with E-state index in [4.69, 9.17) is 4.98 Å². The molecule has 8 heteroatoms. The number of imide groups is 1. The lowest BCUT2D eigenvalue weighted by molar-refractivity contribution is -0.136. The molecule has 6 aliphatic rings. The zero-order chi connectivity index (χ0) is 25.6. The molecule has 3 aromatic rings. The summed E-state index contributed by atoms with van der Waals surface area (Å²) < 4.78 is 2.17. The molecule has 5 fully saturated rings. The van der Waals surface area contributed by atoms with Crippen LogP contribution < -0.4 is 10.6 Å². The lowest BCUT2D eigenvalue weighted by atomic mass is 9.53. The van der Waals surface area contributed by atoms with Crippen LogP contribution in [0, 0.1) is 17.8 Å². The first-order chi connectivity index (χ1) is 18.4. The average molecular weight is 510 g/mol. The van der Waals surface area contributed by atoms with Gasteiger partial charge in [0.05, 0.1) is 0 Å². The number of amides is 3. The normalized spacial score (nSPS) is 31.7. The van der Waals surface area contributed by atoms with E-state index in [0.29, 0.717) is 18.5 Å². The Morgan fingerprint density at radius 2 is 1.74 bits per heavy atom. The number of nitrogens with one attached hydrogen (secondary N) is 2. The van der Waals surface area contributed by atoms with Crippen LogP contribution in [-0.2, 0) is 16.1 Å². The number of carbonyl (C=O) groups excluding carboxylic acids is 3. The molecule has 38 heavy (non-hydrogen) atoms. The van der Waals surface area contributed by atoms with E-state index < -0.39 is 6.04 Å². The first kappa shape index (κ1) is 22.3. The molecule has 194 valence electrons. The number of anilines is 1. The van der Waals surface area contributed by atoms with Crippen LogP contribution in [-0.4, -0.2) is 43.6 Å². The van der Waals surface area contributed by atoms with Gasteiger partial charge in [-0.15, -0.1) is 0 Å². The molecule has 4 heterocycles. The lowest BCUT2D eigenvalue weighted by Gasteiger charge is -2.57. The van der Waals surface area contributed by atoms with Gasteiger partial charge in [0.25, 0.3) is 5.91 Å². The fraction of sp³-hybridized carbons (Fsp3) is 0.467. The van der Waals surface area contributed by atoms with Crippen molar-refractivity contribution in [1.82, 2.24) is 19.6 Å². The van der Waals surface area contributed by atoms with E-state index in [0.717, 1.165) is 46.0 Å². The molecule has 1 unspecified atom stereocenters. The first-order valence-corrected chi connectivity index (χ1v) is 14.0. The van der Waals surface area contributed by atoms with Gasteiger partial charge < -0.3 is 10.2 Å². The van der Waals surface area contributed by atoms with Crippen LogP contribution >= 0.6 is 0 Å². The Labute approximate surface area is 220 Å². The molecule has 4 bridgehead atoms. The van der Waals surface area contributed by atoms with Crippen molar-refractivity contribution in [2.24, 2.45) is 17.8 Å². The molecule has 9 rings (SSSR count). The van der Waals surface area contributed by atoms with Gasteiger partial charge in [0.1, 0.15) is 23.2 Å². The van der Waals surface area contributed by atoms with Crippen molar-refractivity contribution in [2.75, 3.05) is 5.32 Å². The maximum atomic E-state index is 13.2. The molecule has 8 nitrogen and oxygen atoms in total. The second kappa shape index (κ2) is 7.91. The van der Waals surface area contributed by atoms with Gasteiger partial charge in [-0.2, -0.15) is 0 Å². The van der Waals surface area contributed by atoms with Crippen LogP contribution in [0.3, 0.4) is 0 Å². The number of hydrogen-bond acceptors (Lipinski definition) is 5. The molecule has 0 spiro atoms. The number of hydrogen-bond donors (Lipinski definition) is 2. The predicted molar refractivity (Wildman–Crippen MR) is 141 cm³/mol. The molecule has 1 saturated heterocycles. The molecule has 4 aliphatic carbocycles. The minimum Gasteiger partial charge on any atom is -0.364 e. The van der Waals surface area contributed by atoms with Crippen LogP contribution in [0.2, 0.25) is 0 Å². The van der Waals surface area contributed by atoms with E-state index in [1.165, 1.54) is 38.5 Å². The van der Waals surface area contributed by atoms with Crippen LogP contribution in [0.5, 0.6) is 0 Å². The summed E-state index contributed by atoms with van der Waals surface area (Å²) in [4.78, 5) is 44.0. The highest BCUT2D eigenvalue weighted by molar-refractivity contribution is 6.05. The summed E-state index contributed by atoms with van der Waals surface area (Å²) in [7, 11) is 0. The van der Waals surface area contributed by atoms with E-state index >= 15 is 0 Å². The van der Waals surface area contributed by atoms with E-state index in [9.17, 15) is 14.4 Å². The second-order valence-corrected chi connectivity index (χ2v) is 12.3. The summed E-state index contributed by atoms with van der Waals surface area (Å²) in [6.07, 6.45) is 10.6. The van der Waals surface area contributed by atoms with Crippen molar-refractivity contribution < 1.29 is 14.4 Å². The predicted octanol–water partition coefficient (Wildman–Crippen LogP) is 4.14. The summed E-state index contributed by atoms with van der Waals surface area (Å²) in [5.74, 6) is 2.73. The third-order valence-corrected chi connectivity index (χ3v) is 9.75. The molecular weight excluding hydrogens is 478 g/mol. The number of aromatic nitrogens is 2. The van der Waals surface area contributed by atoms with Crippen molar-refractivity contribution in [1.29, 1.82) is 0 Å². The maximum absolute atomic E-state index is 13.2. The molecule has 4 saturated carbocycles. The lowest BCUT2D eigenvalue weighted by Crippen LogP contribution is -2.55. The molecule has 0 radical (unpaired) electrons. The van der Waals surface area contributed by atoms with E-state index in [-0.39, 0.29) is 29.7 Å². The van der Waals surface area contributed by atoms with E-state index in [2.05, 4.69) is 27.3 Å². The van der Waals surface area contributed by atoms with Gasteiger partial charge in [0.2, 0.25) is 11.8 Å². The Bertz CT molecular complexity index is 1490. The number of fused-ring (bicyclic) bond motifs is 2. The van der Waals surface area contributed by atoms with Crippen molar-refractivity contribution in [2.45, 2.75) is 69.5 Å². The minimum atomic E-state index is -0.612. The number of piperidine rings is 1.